The average Bonchev–Trinajstić information content (AvgIpc) is 2.04. The zero-order valence-corrected chi connectivity index (χ0v) is 8.45. The van der Waals surface area contributed by atoms with Crippen molar-refractivity contribution in [2.45, 2.75) is 0 Å². The molecule has 0 saturated carbocycles. The van der Waals surface area contributed by atoms with Crippen LogP contribution in [0, 0.1) is 11.3 Å². The molecular weight excluding hydrogens is 241 g/mol. The number of hydrogen-bond acceptors (Lipinski definition) is 3. The van der Waals surface area contributed by atoms with Gasteiger partial charge >= 0.3 is 0 Å². The molecule has 0 aliphatic carbocycles. The molecule has 64 valence electrons. The van der Waals surface area contributed by atoms with Crippen molar-refractivity contribution in [3.8, 4) is 6.07 Å². The Kier molecular flexibility index (Phi) is 4.67. The fourth-order valence-electron chi connectivity index (χ4n) is 0.735. The number of hydrogen-bond donors (Lipinski definition) is 2. The molecule has 0 saturated heterocycles. The van der Waals surface area contributed by atoms with Crippen molar-refractivity contribution in [1.29, 1.82) is 5.26 Å². The zero-order chi connectivity index (χ0) is 8.27. The zero-order valence-electron chi connectivity index (χ0n) is 6.04. The molecule has 12 heavy (non-hydrogen) atoms. The van der Waals surface area contributed by atoms with Crippen LogP contribution in [0.1, 0.15) is 5.56 Å². The number of nitriles is 1. The lowest BCUT2D eigenvalue weighted by Gasteiger charge is -2.01. The number of benzene rings is 1. The van der Waals surface area contributed by atoms with Crippen LogP contribution in [0.4, 0.5) is 5.69 Å². The van der Waals surface area contributed by atoms with Gasteiger partial charge in [-0.2, -0.15) is 5.26 Å². The normalized spacial score (nSPS) is 8.08. The number of hydrazine groups is 1. The molecule has 0 radical (unpaired) electrons. The van der Waals surface area contributed by atoms with Gasteiger partial charge in [-0.3, -0.25) is 5.84 Å². The highest BCUT2D eigenvalue weighted by molar-refractivity contribution is 9.10. The van der Waals surface area contributed by atoms with Crippen LogP contribution in [0.5, 0.6) is 0 Å². The second-order valence-corrected chi connectivity index (χ2v) is 2.86. The molecule has 3 nitrogen and oxygen atoms in total. The Morgan fingerprint density at radius 1 is 1.50 bits per heavy atom. The monoisotopic (exact) mass is 247 g/mol. The summed E-state index contributed by atoms with van der Waals surface area (Å²) in [5, 5.41) is 8.61. The third kappa shape index (κ3) is 2.38. The number of halogens is 2. The van der Waals surface area contributed by atoms with E-state index in [1.54, 1.807) is 12.1 Å². The SMILES string of the molecule is Cl.N#Cc1cc(Br)ccc1NN. The topological polar surface area (TPSA) is 61.8 Å². The third-order valence-electron chi connectivity index (χ3n) is 1.26. The molecule has 0 aromatic heterocycles. The van der Waals surface area contributed by atoms with E-state index in [0.29, 0.717) is 11.3 Å². The molecule has 5 heteroatoms. The van der Waals surface area contributed by atoms with Crippen molar-refractivity contribution < 1.29 is 0 Å². The maximum atomic E-state index is 8.61. The maximum absolute atomic E-state index is 8.61. The van der Waals surface area contributed by atoms with Gasteiger partial charge in [0.05, 0.1) is 11.3 Å². The lowest BCUT2D eigenvalue weighted by Crippen LogP contribution is -2.07. The lowest BCUT2D eigenvalue weighted by atomic mass is 10.2. The first-order chi connectivity index (χ1) is 5.27. The van der Waals surface area contributed by atoms with Gasteiger partial charge in [0.2, 0.25) is 0 Å². The second kappa shape index (κ2) is 4.99. The van der Waals surface area contributed by atoms with Crippen LogP contribution >= 0.6 is 28.3 Å². The summed E-state index contributed by atoms with van der Waals surface area (Å²) in [6.45, 7) is 0. The van der Waals surface area contributed by atoms with Crippen LogP contribution in [0.15, 0.2) is 22.7 Å². The van der Waals surface area contributed by atoms with Crippen LogP contribution in [0.25, 0.3) is 0 Å². The molecule has 0 aliphatic rings. The number of rotatable bonds is 1. The smallest absolute Gasteiger partial charge is 0.101 e. The van der Waals surface area contributed by atoms with Crippen molar-refractivity contribution in [2.24, 2.45) is 5.84 Å². The van der Waals surface area contributed by atoms with E-state index in [-0.39, 0.29) is 12.4 Å². The summed E-state index contributed by atoms with van der Waals surface area (Å²) < 4.78 is 0.869. The summed E-state index contributed by atoms with van der Waals surface area (Å²) in [4.78, 5) is 0. The Labute approximate surface area is 85.1 Å². The molecule has 1 rings (SSSR count). The van der Waals surface area contributed by atoms with Gasteiger partial charge in [0.15, 0.2) is 0 Å². The van der Waals surface area contributed by atoms with Gasteiger partial charge in [-0.25, -0.2) is 0 Å². The van der Waals surface area contributed by atoms with E-state index in [9.17, 15) is 0 Å². The second-order valence-electron chi connectivity index (χ2n) is 1.95. The number of nitrogens with two attached hydrogens (primary N) is 1. The molecule has 0 spiro atoms. The molecule has 0 bridgehead atoms. The van der Waals surface area contributed by atoms with E-state index in [4.69, 9.17) is 11.1 Å². The van der Waals surface area contributed by atoms with E-state index in [0.717, 1.165) is 4.47 Å². The third-order valence-corrected chi connectivity index (χ3v) is 1.75. The summed E-state index contributed by atoms with van der Waals surface area (Å²) in [5.41, 5.74) is 3.59. The van der Waals surface area contributed by atoms with Crippen molar-refractivity contribution in [3.05, 3.63) is 28.2 Å². The fraction of sp³-hybridized carbons (Fsp3) is 0. The largest absolute Gasteiger partial charge is 0.323 e. The first-order valence-electron chi connectivity index (χ1n) is 2.94. The van der Waals surface area contributed by atoms with Gasteiger partial charge in [-0.1, -0.05) is 15.9 Å². The highest BCUT2D eigenvalue weighted by Crippen LogP contribution is 2.18. The summed E-state index contributed by atoms with van der Waals surface area (Å²) in [6.07, 6.45) is 0. The number of anilines is 1. The molecule has 0 atom stereocenters. The van der Waals surface area contributed by atoms with E-state index in [1.165, 1.54) is 0 Å². The maximum Gasteiger partial charge on any atom is 0.101 e. The van der Waals surface area contributed by atoms with E-state index < -0.39 is 0 Å². The van der Waals surface area contributed by atoms with Gasteiger partial charge in [-0.05, 0) is 18.2 Å². The van der Waals surface area contributed by atoms with Crippen molar-refractivity contribution in [1.82, 2.24) is 0 Å². The molecule has 1 aromatic carbocycles. The lowest BCUT2D eigenvalue weighted by molar-refractivity contribution is 1.33. The molecule has 3 N–H and O–H groups in total. The Morgan fingerprint density at radius 2 is 2.17 bits per heavy atom. The molecular formula is C7H7BrClN3. The van der Waals surface area contributed by atoms with Crippen LogP contribution < -0.4 is 11.3 Å². The number of nitrogen functional groups attached to an aromatic ring is 1. The highest BCUT2D eigenvalue weighted by atomic mass is 79.9. The van der Waals surface area contributed by atoms with E-state index in [1.807, 2.05) is 12.1 Å². The van der Waals surface area contributed by atoms with E-state index >= 15 is 0 Å². The summed E-state index contributed by atoms with van der Waals surface area (Å²) >= 11 is 3.25. The minimum atomic E-state index is 0. The molecule has 1 aromatic rings. The first kappa shape index (κ1) is 11.2. The van der Waals surface area contributed by atoms with Crippen LogP contribution in [-0.4, -0.2) is 0 Å². The Morgan fingerprint density at radius 3 is 2.67 bits per heavy atom. The molecule has 0 unspecified atom stereocenters. The standard InChI is InChI=1S/C7H6BrN3.ClH/c8-6-1-2-7(11-10)5(3-6)4-9;/h1-3,11H,10H2;1H. The summed E-state index contributed by atoms with van der Waals surface area (Å²) in [5.74, 6) is 5.16. The number of nitrogens with zero attached hydrogens (tertiary/aromatic N) is 1. The van der Waals surface area contributed by atoms with E-state index in [2.05, 4.69) is 21.4 Å². The average molecular weight is 249 g/mol. The summed E-state index contributed by atoms with van der Waals surface area (Å²) in [7, 11) is 0. The van der Waals surface area contributed by atoms with Crippen LogP contribution in [0.2, 0.25) is 0 Å². The first-order valence-corrected chi connectivity index (χ1v) is 3.73. The van der Waals surface area contributed by atoms with Crippen molar-refractivity contribution >= 4 is 34.0 Å². The van der Waals surface area contributed by atoms with Crippen molar-refractivity contribution in [3.63, 3.8) is 0 Å². The van der Waals surface area contributed by atoms with Crippen LogP contribution in [0.3, 0.4) is 0 Å². The van der Waals surface area contributed by atoms with Gasteiger partial charge in [-0.15, -0.1) is 12.4 Å². The predicted molar refractivity (Wildman–Crippen MR) is 53.9 cm³/mol. The quantitative estimate of drug-likeness (QED) is 0.590. The minimum absolute atomic E-state index is 0. The van der Waals surface area contributed by atoms with Gasteiger partial charge in [0, 0.05) is 4.47 Å². The number of nitrogens with one attached hydrogen (secondary N) is 1. The summed E-state index contributed by atoms with van der Waals surface area (Å²) in [6, 6.07) is 7.27. The van der Waals surface area contributed by atoms with Crippen LogP contribution in [-0.2, 0) is 0 Å². The van der Waals surface area contributed by atoms with Gasteiger partial charge in [0.1, 0.15) is 6.07 Å². The predicted octanol–water partition coefficient (Wildman–Crippen LogP) is 2.03. The Balaban J connectivity index is 0.00000121. The fourth-order valence-corrected chi connectivity index (χ4v) is 1.10. The molecule has 0 heterocycles. The minimum Gasteiger partial charge on any atom is -0.323 e. The van der Waals surface area contributed by atoms with Crippen molar-refractivity contribution in [2.75, 3.05) is 5.43 Å². The van der Waals surface area contributed by atoms with Gasteiger partial charge in [0.25, 0.3) is 0 Å². The molecule has 0 fully saturated rings. The molecule has 0 amide bonds. The molecule has 0 aliphatic heterocycles. The Bertz CT molecular complexity index is 308. The Hall–Kier alpha value is -0.760. The van der Waals surface area contributed by atoms with Gasteiger partial charge < -0.3 is 5.43 Å². The highest BCUT2D eigenvalue weighted by Gasteiger charge is 1.98.